The molecule has 1 aromatic heterocycles. The number of benzene rings is 1. The highest BCUT2D eigenvalue weighted by atomic mass is 32.1. The number of amides is 2. The van der Waals surface area contributed by atoms with E-state index in [1.807, 2.05) is 17.5 Å². The maximum absolute atomic E-state index is 11.8. The van der Waals surface area contributed by atoms with Crippen molar-refractivity contribution in [3.05, 3.63) is 52.2 Å². The second-order valence-electron chi connectivity index (χ2n) is 6.72. The smallest absolute Gasteiger partial charge is 0.309 e. The van der Waals surface area contributed by atoms with E-state index in [1.165, 1.54) is 5.69 Å². The second kappa shape index (κ2) is 9.53. The van der Waals surface area contributed by atoms with Crippen molar-refractivity contribution in [1.82, 2.24) is 15.5 Å². The Balaban J connectivity index is 1.38. The van der Waals surface area contributed by atoms with Gasteiger partial charge in [-0.05, 0) is 42.6 Å². The maximum atomic E-state index is 11.8. The summed E-state index contributed by atoms with van der Waals surface area (Å²) in [6, 6.07) is 12.3. The van der Waals surface area contributed by atoms with Gasteiger partial charge in [-0.25, -0.2) is 0 Å². The van der Waals surface area contributed by atoms with Crippen molar-refractivity contribution in [2.24, 2.45) is 0 Å². The Kier molecular flexibility index (Phi) is 6.84. The minimum Gasteiger partial charge on any atom is -0.369 e. The molecule has 0 spiro atoms. The average Bonchev–Trinajstić information content (AvgIpc) is 3.21. The van der Waals surface area contributed by atoms with Gasteiger partial charge in [0, 0.05) is 43.3 Å². The molecule has 1 aromatic carbocycles. The quantitative estimate of drug-likeness (QED) is 0.738. The van der Waals surface area contributed by atoms with Gasteiger partial charge in [0.05, 0.1) is 6.54 Å². The van der Waals surface area contributed by atoms with Gasteiger partial charge in [-0.3, -0.25) is 9.59 Å². The van der Waals surface area contributed by atoms with Crippen LogP contribution in [0.2, 0.25) is 0 Å². The summed E-state index contributed by atoms with van der Waals surface area (Å²) in [5, 5.41) is 7.25. The summed E-state index contributed by atoms with van der Waals surface area (Å²) in [7, 11) is 2.15. The summed E-state index contributed by atoms with van der Waals surface area (Å²) >= 11 is 1.55. The molecule has 0 unspecified atom stereocenters. The fourth-order valence-corrected chi connectivity index (χ4v) is 3.64. The van der Waals surface area contributed by atoms with Crippen LogP contribution in [-0.2, 0) is 22.6 Å². The summed E-state index contributed by atoms with van der Waals surface area (Å²) in [5.41, 5.74) is 2.39. The van der Waals surface area contributed by atoms with Crippen molar-refractivity contribution in [3.63, 3.8) is 0 Å². The molecule has 1 aliphatic rings. The van der Waals surface area contributed by atoms with Crippen molar-refractivity contribution in [2.45, 2.75) is 13.0 Å². The monoisotopic (exact) mass is 386 g/mol. The highest BCUT2D eigenvalue weighted by Crippen LogP contribution is 2.17. The van der Waals surface area contributed by atoms with E-state index in [4.69, 9.17) is 0 Å². The number of carbonyl (C=O) groups is 2. The molecule has 144 valence electrons. The number of likely N-dealkylation sites (N-methyl/N-ethyl adjacent to an activating group) is 1. The fraction of sp³-hybridized carbons (Fsp3) is 0.400. The first kappa shape index (κ1) is 19.4. The Labute approximate surface area is 164 Å². The van der Waals surface area contributed by atoms with Crippen LogP contribution >= 0.6 is 11.3 Å². The number of nitrogens with zero attached hydrogens (tertiary/aromatic N) is 2. The Morgan fingerprint density at radius 1 is 1.00 bits per heavy atom. The predicted molar refractivity (Wildman–Crippen MR) is 109 cm³/mol. The van der Waals surface area contributed by atoms with Crippen LogP contribution in [0, 0.1) is 0 Å². The number of anilines is 1. The van der Waals surface area contributed by atoms with Gasteiger partial charge in [-0.15, -0.1) is 11.3 Å². The van der Waals surface area contributed by atoms with Gasteiger partial charge in [-0.1, -0.05) is 18.2 Å². The van der Waals surface area contributed by atoms with Crippen LogP contribution in [0.4, 0.5) is 5.69 Å². The zero-order chi connectivity index (χ0) is 19.1. The van der Waals surface area contributed by atoms with Crippen molar-refractivity contribution in [2.75, 3.05) is 44.7 Å². The van der Waals surface area contributed by atoms with E-state index in [0.717, 1.165) is 36.6 Å². The zero-order valence-electron chi connectivity index (χ0n) is 15.6. The molecule has 0 saturated carbocycles. The number of hydrogen-bond donors (Lipinski definition) is 2. The number of hydrogen-bond acceptors (Lipinski definition) is 5. The summed E-state index contributed by atoms with van der Waals surface area (Å²) in [5.74, 6) is -1.17. The molecule has 2 aromatic rings. The molecule has 3 rings (SSSR count). The highest BCUT2D eigenvalue weighted by molar-refractivity contribution is 7.09. The SMILES string of the molecule is CN1CCN(c2ccc(CCNC(=O)C(=O)NCc3cccs3)cc2)CC1. The Hall–Kier alpha value is -2.38. The number of rotatable bonds is 6. The molecule has 1 saturated heterocycles. The van der Waals surface area contributed by atoms with Gasteiger partial charge in [-0.2, -0.15) is 0 Å². The molecular weight excluding hydrogens is 360 g/mol. The van der Waals surface area contributed by atoms with Gasteiger partial charge in [0.2, 0.25) is 0 Å². The normalized spacial score (nSPS) is 14.8. The first-order valence-corrected chi connectivity index (χ1v) is 10.1. The minimum atomic E-state index is -0.589. The first-order valence-electron chi connectivity index (χ1n) is 9.22. The molecular formula is C20H26N4O2S. The van der Waals surface area contributed by atoms with Gasteiger partial charge in [0.1, 0.15) is 0 Å². The summed E-state index contributed by atoms with van der Waals surface area (Å²) in [6.07, 6.45) is 0.701. The van der Waals surface area contributed by atoms with E-state index in [9.17, 15) is 9.59 Å². The van der Waals surface area contributed by atoms with Crippen LogP contribution in [0.5, 0.6) is 0 Å². The molecule has 0 bridgehead atoms. The van der Waals surface area contributed by atoms with Crippen molar-refractivity contribution in [3.8, 4) is 0 Å². The first-order chi connectivity index (χ1) is 13.1. The van der Waals surface area contributed by atoms with Gasteiger partial charge >= 0.3 is 11.8 Å². The lowest BCUT2D eigenvalue weighted by molar-refractivity contribution is -0.139. The Bertz CT molecular complexity index is 738. The molecule has 0 aliphatic carbocycles. The second-order valence-corrected chi connectivity index (χ2v) is 7.76. The molecule has 2 N–H and O–H groups in total. The van der Waals surface area contributed by atoms with Gasteiger partial charge < -0.3 is 20.4 Å². The molecule has 2 heterocycles. The van der Waals surface area contributed by atoms with Gasteiger partial charge in [0.25, 0.3) is 0 Å². The summed E-state index contributed by atoms with van der Waals surface area (Å²) in [4.78, 5) is 29.4. The van der Waals surface area contributed by atoms with Crippen LogP contribution in [0.15, 0.2) is 41.8 Å². The van der Waals surface area contributed by atoms with Crippen LogP contribution in [-0.4, -0.2) is 56.5 Å². The standard InChI is InChI=1S/C20H26N4O2S/c1-23-10-12-24(13-11-23)17-6-4-16(5-7-17)8-9-21-19(25)20(26)22-15-18-3-2-14-27-18/h2-7,14H,8-13,15H2,1H3,(H,21,25)(H,22,26). The highest BCUT2D eigenvalue weighted by Gasteiger charge is 2.14. The lowest BCUT2D eigenvalue weighted by Crippen LogP contribution is -2.44. The molecule has 6 nitrogen and oxygen atoms in total. The van der Waals surface area contributed by atoms with Crippen molar-refractivity contribution < 1.29 is 9.59 Å². The molecule has 0 atom stereocenters. The maximum Gasteiger partial charge on any atom is 0.309 e. The topological polar surface area (TPSA) is 64.7 Å². The largest absolute Gasteiger partial charge is 0.369 e. The van der Waals surface area contributed by atoms with E-state index in [-0.39, 0.29) is 0 Å². The van der Waals surface area contributed by atoms with E-state index >= 15 is 0 Å². The lowest BCUT2D eigenvalue weighted by atomic mass is 10.1. The molecule has 2 amide bonds. The molecule has 1 aliphatic heterocycles. The third-order valence-corrected chi connectivity index (χ3v) is 5.59. The molecule has 0 radical (unpaired) electrons. The number of nitrogens with one attached hydrogen (secondary N) is 2. The van der Waals surface area contributed by atoms with Crippen LogP contribution < -0.4 is 15.5 Å². The Morgan fingerprint density at radius 3 is 2.37 bits per heavy atom. The van der Waals surface area contributed by atoms with Crippen LogP contribution in [0.25, 0.3) is 0 Å². The van der Waals surface area contributed by atoms with E-state index in [2.05, 4.69) is 51.7 Å². The van der Waals surface area contributed by atoms with Crippen molar-refractivity contribution in [1.29, 1.82) is 0 Å². The minimum absolute atomic E-state index is 0.387. The summed E-state index contributed by atoms with van der Waals surface area (Å²) < 4.78 is 0. The number of piperazine rings is 1. The fourth-order valence-electron chi connectivity index (χ4n) is 3.00. The average molecular weight is 387 g/mol. The number of carbonyl (C=O) groups excluding carboxylic acids is 2. The zero-order valence-corrected chi connectivity index (χ0v) is 16.4. The number of thiophene rings is 1. The third kappa shape index (κ3) is 5.80. The molecule has 27 heavy (non-hydrogen) atoms. The van der Waals surface area contributed by atoms with Gasteiger partial charge in [0.15, 0.2) is 0 Å². The van der Waals surface area contributed by atoms with E-state index in [1.54, 1.807) is 11.3 Å². The Morgan fingerprint density at radius 2 is 1.70 bits per heavy atom. The predicted octanol–water partition coefficient (Wildman–Crippen LogP) is 1.47. The summed E-state index contributed by atoms with van der Waals surface area (Å²) in [6.45, 7) is 5.10. The van der Waals surface area contributed by atoms with Crippen LogP contribution in [0.3, 0.4) is 0 Å². The molecule has 7 heteroatoms. The van der Waals surface area contributed by atoms with E-state index < -0.39 is 11.8 Å². The van der Waals surface area contributed by atoms with Crippen molar-refractivity contribution >= 4 is 28.8 Å². The van der Waals surface area contributed by atoms with E-state index in [0.29, 0.717) is 19.5 Å². The molecule has 1 fully saturated rings. The van der Waals surface area contributed by atoms with Crippen LogP contribution in [0.1, 0.15) is 10.4 Å². The third-order valence-electron chi connectivity index (χ3n) is 4.71. The lowest BCUT2D eigenvalue weighted by Gasteiger charge is -2.34.